The quantitative estimate of drug-likeness (QED) is 0.0277. The minimum absolute atomic E-state index is 0.159. The summed E-state index contributed by atoms with van der Waals surface area (Å²) in [5, 5.41) is 0. The molecule has 0 aromatic carbocycles. The van der Waals surface area contributed by atoms with Crippen LogP contribution in [0.15, 0.2) is 85.1 Å². The lowest BCUT2D eigenvalue weighted by atomic mass is 10.1. The van der Waals surface area contributed by atoms with Crippen molar-refractivity contribution in [3.63, 3.8) is 0 Å². The highest BCUT2D eigenvalue weighted by molar-refractivity contribution is 7.46. The molecule has 0 radical (unpaired) electrons. The lowest BCUT2D eigenvalue weighted by Gasteiger charge is -2.18. The van der Waals surface area contributed by atoms with Crippen LogP contribution in [-0.4, -0.2) is 41.0 Å². The third kappa shape index (κ3) is 42.0. The van der Waals surface area contributed by atoms with E-state index in [0.29, 0.717) is 12.8 Å². The van der Waals surface area contributed by atoms with Gasteiger partial charge in [-0.3, -0.25) is 14.1 Å². The van der Waals surface area contributed by atoms with Crippen LogP contribution in [0.4, 0.5) is 0 Å². The average Bonchev–Trinajstić information content (AvgIpc) is 3.14. The Morgan fingerprint density at radius 3 is 1.33 bits per heavy atom. The molecule has 0 aliphatic rings. The van der Waals surface area contributed by atoms with Gasteiger partial charge in [-0.05, 0) is 89.9 Å². The first kappa shape index (κ1) is 51.2. The van der Waals surface area contributed by atoms with Gasteiger partial charge in [-0.1, -0.05) is 150 Å². The Morgan fingerprint density at radius 1 is 0.481 bits per heavy atom. The molecule has 0 saturated carbocycles. The van der Waals surface area contributed by atoms with Crippen molar-refractivity contribution in [2.45, 2.75) is 174 Å². The van der Waals surface area contributed by atoms with Crippen molar-refractivity contribution in [2.24, 2.45) is 0 Å². The Morgan fingerprint density at radius 2 is 0.852 bits per heavy atom. The Labute approximate surface area is 329 Å². The van der Waals surface area contributed by atoms with Crippen LogP contribution in [0.2, 0.25) is 0 Å². The van der Waals surface area contributed by atoms with Gasteiger partial charge in [0.2, 0.25) is 0 Å². The summed E-state index contributed by atoms with van der Waals surface area (Å²) in [6.45, 7) is 3.57. The van der Waals surface area contributed by atoms with E-state index in [1.807, 2.05) is 6.08 Å². The van der Waals surface area contributed by atoms with Crippen molar-refractivity contribution in [2.75, 3.05) is 13.2 Å². The largest absolute Gasteiger partial charge is 0.469 e. The van der Waals surface area contributed by atoms with Crippen molar-refractivity contribution < 1.29 is 37.9 Å². The predicted octanol–water partition coefficient (Wildman–Crippen LogP) is 12.8. The highest BCUT2D eigenvalue weighted by atomic mass is 31.2. The monoisotopic (exact) mass is 775 g/mol. The molecular weight excluding hydrogens is 699 g/mol. The Balaban J connectivity index is 4.10. The molecule has 1 atom stereocenters. The molecule has 2 N–H and O–H groups in total. The van der Waals surface area contributed by atoms with Gasteiger partial charge in [0.1, 0.15) is 6.61 Å². The summed E-state index contributed by atoms with van der Waals surface area (Å²) in [6, 6.07) is 0. The van der Waals surface area contributed by atoms with Crippen molar-refractivity contribution in [1.29, 1.82) is 0 Å². The molecule has 9 heteroatoms. The fraction of sp³-hybridized carbons (Fsp3) is 0.644. The average molecular weight is 775 g/mol. The highest BCUT2D eigenvalue weighted by Crippen LogP contribution is 2.36. The SMILES string of the molecule is CCCCC/C=C/C/C=C/C/C=C/C/C=C/CCCCCC(=O)O[C@H](COC(=O)CCC/C=C/C/C=C/C/C=C/CCCCCCCC)COP(=O)(O)O. The first-order valence-electron chi connectivity index (χ1n) is 20.9. The third-order valence-corrected chi connectivity index (χ3v) is 8.87. The molecule has 0 amide bonds. The Bertz CT molecular complexity index is 1140. The lowest BCUT2D eigenvalue weighted by Crippen LogP contribution is -2.29. The summed E-state index contributed by atoms with van der Waals surface area (Å²) in [5.41, 5.74) is 0. The molecule has 0 spiro atoms. The Hall–Kier alpha value is -2.77. The molecule has 0 heterocycles. The number of carbonyl (C=O) groups is 2. The second-order valence-corrected chi connectivity index (χ2v) is 14.8. The molecular formula is C45H75O8P. The van der Waals surface area contributed by atoms with E-state index in [-0.39, 0.29) is 19.4 Å². The first-order chi connectivity index (χ1) is 26.3. The van der Waals surface area contributed by atoms with Gasteiger partial charge in [-0.15, -0.1) is 0 Å². The summed E-state index contributed by atoms with van der Waals surface area (Å²) in [7, 11) is -4.78. The molecule has 0 saturated heterocycles. The van der Waals surface area contributed by atoms with Gasteiger partial charge in [-0.2, -0.15) is 0 Å². The number of hydrogen-bond donors (Lipinski definition) is 2. The summed E-state index contributed by atoms with van der Waals surface area (Å²) < 4.78 is 26.3. The molecule has 308 valence electrons. The van der Waals surface area contributed by atoms with E-state index in [4.69, 9.17) is 19.3 Å². The number of unbranched alkanes of at least 4 members (excludes halogenated alkanes) is 13. The van der Waals surface area contributed by atoms with Crippen LogP contribution in [0.25, 0.3) is 0 Å². The molecule has 0 unspecified atom stereocenters. The van der Waals surface area contributed by atoms with Gasteiger partial charge in [0.05, 0.1) is 6.61 Å². The van der Waals surface area contributed by atoms with Crippen molar-refractivity contribution in [1.82, 2.24) is 0 Å². The maximum Gasteiger partial charge on any atom is 0.469 e. The standard InChI is InChI=1S/C45H75O8P/c1-3-5-7-9-11-13-15-17-19-21-22-24-26-28-30-32-34-36-38-40-45(47)53-43(42-52-54(48,49)50)41-51-44(46)39-37-35-33-31-29-27-25-23-20-18-16-14-12-10-8-6-4-2/h11,13,17-20,22,24-25,27-28,30-31,33,43H,3-10,12,14-16,21,23,26,29,32,34-42H2,1-2H3,(H2,48,49,50)/b13-11+,19-17+,20-18+,24-22+,27-25+,30-28+,33-31+/t43-/m1/s1. The fourth-order valence-electron chi connectivity index (χ4n) is 5.25. The number of esters is 2. The van der Waals surface area contributed by atoms with E-state index >= 15 is 0 Å². The maximum atomic E-state index is 12.4. The first-order valence-corrected chi connectivity index (χ1v) is 22.4. The molecule has 54 heavy (non-hydrogen) atoms. The van der Waals surface area contributed by atoms with Crippen molar-refractivity contribution >= 4 is 19.8 Å². The van der Waals surface area contributed by atoms with Crippen LogP contribution in [0, 0.1) is 0 Å². The molecule has 0 rings (SSSR count). The normalized spacial score (nSPS) is 13.3. The van der Waals surface area contributed by atoms with Gasteiger partial charge in [0.25, 0.3) is 0 Å². The van der Waals surface area contributed by atoms with Gasteiger partial charge in [0.15, 0.2) is 6.10 Å². The smallest absolute Gasteiger partial charge is 0.462 e. The van der Waals surface area contributed by atoms with E-state index in [1.54, 1.807) is 0 Å². The predicted molar refractivity (Wildman–Crippen MR) is 225 cm³/mol. The highest BCUT2D eigenvalue weighted by Gasteiger charge is 2.22. The van der Waals surface area contributed by atoms with E-state index in [1.165, 1.54) is 64.2 Å². The van der Waals surface area contributed by atoms with Crippen LogP contribution in [-0.2, 0) is 28.2 Å². The van der Waals surface area contributed by atoms with Crippen LogP contribution < -0.4 is 0 Å². The molecule has 0 fully saturated rings. The van der Waals surface area contributed by atoms with Gasteiger partial charge >= 0.3 is 19.8 Å². The lowest BCUT2D eigenvalue weighted by molar-refractivity contribution is -0.161. The zero-order chi connectivity index (χ0) is 39.6. The Kier molecular flexibility index (Phi) is 37.9. The minimum atomic E-state index is -4.78. The molecule has 0 aliphatic carbocycles. The minimum Gasteiger partial charge on any atom is -0.462 e. The number of rotatable bonds is 37. The van der Waals surface area contributed by atoms with Crippen LogP contribution in [0.5, 0.6) is 0 Å². The summed E-state index contributed by atoms with van der Waals surface area (Å²) >= 11 is 0. The molecule has 0 bridgehead atoms. The van der Waals surface area contributed by atoms with Gasteiger partial charge in [-0.25, -0.2) is 4.57 Å². The third-order valence-electron chi connectivity index (χ3n) is 8.39. The van der Waals surface area contributed by atoms with Crippen molar-refractivity contribution in [3.8, 4) is 0 Å². The van der Waals surface area contributed by atoms with Crippen LogP contribution >= 0.6 is 7.82 Å². The summed E-state index contributed by atoms with van der Waals surface area (Å²) in [6.07, 6.45) is 53.1. The number of ether oxygens (including phenoxy) is 2. The number of phosphoric ester groups is 1. The number of carbonyl (C=O) groups excluding carboxylic acids is 2. The van der Waals surface area contributed by atoms with Crippen LogP contribution in [0.3, 0.4) is 0 Å². The number of allylic oxidation sites excluding steroid dienone is 14. The second kappa shape index (κ2) is 39.9. The summed E-state index contributed by atoms with van der Waals surface area (Å²) in [4.78, 5) is 42.8. The van der Waals surface area contributed by atoms with Crippen molar-refractivity contribution in [3.05, 3.63) is 85.1 Å². The zero-order valence-electron chi connectivity index (χ0n) is 33.8. The fourth-order valence-corrected chi connectivity index (χ4v) is 5.61. The molecule has 0 aliphatic heterocycles. The van der Waals surface area contributed by atoms with E-state index in [9.17, 15) is 14.2 Å². The second-order valence-electron chi connectivity index (χ2n) is 13.6. The maximum absolute atomic E-state index is 12.4. The van der Waals surface area contributed by atoms with E-state index < -0.39 is 32.5 Å². The topological polar surface area (TPSA) is 119 Å². The van der Waals surface area contributed by atoms with Gasteiger partial charge < -0.3 is 19.3 Å². The summed E-state index contributed by atoms with van der Waals surface area (Å²) in [5.74, 6) is -0.989. The molecule has 0 aromatic rings. The number of hydrogen-bond acceptors (Lipinski definition) is 6. The zero-order valence-corrected chi connectivity index (χ0v) is 34.7. The van der Waals surface area contributed by atoms with Crippen LogP contribution in [0.1, 0.15) is 168 Å². The van der Waals surface area contributed by atoms with E-state index in [2.05, 4.69) is 97.4 Å². The molecule has 8 nitrogen and oxygen atoms in total. The number of phosphoric acid groups is 1. The van der Waals surface area contributed by atoms with E-state index in [0.717, 1.165) is 64.2 Å². The van der Waals surface area contributed by atoms with Gasteiger partial charge in [0, 0.05) is 12.8 Å². The molecule has 0 aromatic heterocycles.